The highest BCUT2D eigenvalue weighted by atomic mass is 16.5. The summed E-state index contributed by atoms with van der Waals surface area (Å²) in [5.74, 6) is 0.805. The zero-order valence-electron chi connectivity index (χ0n) is 16.3. The Morgan fingerprint density at radius 2 is 2.12 bits per heavy atom. The van der Waals surface area contributed by atoms with E-state index < -0.39 is 6.10 Å². The molecule has 2 aliphatic rings. The highest BCUT2D eigenvalue weighted by Crippen LogP contribution is 2.44. The van der Waals surface area contributed by atoms with E-state index in [0.29, 0.717) is 6.61 Å². The van der Waals surface area contributed by atoms with Crippen molar-refractivity contribution in [3.63, 3.8) is 0 Å². The molecule has 0 aromatic heterocycles. The van der Waals surface area contributed by atoms with Crippen molar-refractivity contribution in [2.45, 2.75) is 52.6 Å². The molecule has 26 heavy (non-hydrogen) atoms. The quantitative estimate of drug-likeness (QED) is 0.817. The Morgan fingerprint density at radius 1 is 1.42 bits per heavy atom. The highest BCUT2D eigenvalue weighted by Gasteiger charge is 2.38. The molecule has 1 heterocycles. The molecule has 0 radical (unpaired) electrons. The summed E-state index contributed by atoms with van der Waals surface area (Å²) in [6.07, 6.45) is 5.05. The number of hydrogen-bond donors (Lipinski definition) is 1. The smallest absolute Gasteiger partial charge is 0.225 e. The minimum atomic E-state index is -0.619. The average molecular weight is 357 g/mol. The second-order valence-corrected chi connectivity index (χ2v) is 7.78. The number of hydrogen-bond acceptors (Lipinski definition) is 3. The molecule has 1 unspecified atom stereocenters. The van der Waals surface area contributed by atoms with Gasteiger partial charge in [0.05, 0.1) is 6.10 Å². The van der Waals surface area contributed by atoms with Crippen LogP contribution >= 0.6 is 0 Å². The van der Waals surface area contributed by atoms with E-state index in [0.717, 1.165) is 61.2 Å². The third kappa shape index (κ3) is 3.39. The fourth-order valence-corrected chi connectivity index (χ4v) is 4.61. The highest BCUT2D eigenvalue weighted by molar-refractivity contribution is 5.79. The molecule has 1 aliphatic heterocycles. The van der Waals surface area contributed by atoms with Gasteiger partial charge in [0.15, 0.2) is 0 Å². The molecule has 1 aromatic rings. The number of likely N-dealkylation sites (tertiary alicyclic amines) is 1. The van der Waals surface area contributed by atoms with Gasteiger partial charge in [-0.05, 0) is 67.9 Å². The fourth-order valence-electron chi connectivity index (χ4n) is 4.61. The van der Waals surface area contributed by atoms with Gasteiger partial charge in [-0.15, -0.1) is 0 Å². The van der Waals surface area contributed by atoms with Crippen molar-refractivity contribution in [3.05, 3.63) is 41.0 Å². The molecule has 1 N–H and O–H groups in total. The number of amides is 1. The van der Waals surface area contributed by atoms with Gasteiger partial charge in [0.2, 0.25) is 5.91 Å². The lowest BCUT2D eigenvalue weighted by atomic mass is 9.72. The summed E-state index contributed by atoms with van der Waals surface area (Å²) in [6, 6.07) is 2.06. The molecule has 1 amide bonds. The molecule has 4 nitrogen and oxygen atoms in total. The van der Waals surface area contributed by atoms with Gasteiger partial charge in [-0.2, -0.15) is 0 Å². The summed E-state index contributed by atoms with van der Waals surface area (Å²) >= 11 is 0. The van der Waals surface area contributed by atoms with E-state index in [4.69, 9.17) is 4.74 Å². The predicted molar refractivity (Wildman–Crippen MR) is 103 cm³/mol. The molecule has 1 saturated heterocycles. The Balaban J connectivity index is 1.88. The van der Waals surface area contributed by atoms with Crippen LogP contribution in [0.25, 0.3) is 0 Å². The molecule has 0 bridgehead atoms. The van der Waals surface area contributed by atoms with E-state index in [-0.39, 0.29) is 17.7 Å². The number of benzene rings is 1. The van der Waals surface area contributed by atoms with Gasteiger partial charge in [-0.1, -0.05) is 19.6 Å². The summed E-state index contributed by atoms with van der Waals surface area (Å²) < 4.78 is 5.80. The monoisotopic (exact) mass is 357 g/mol. The predicted octanol–water partition coefficient (Wildman–Crippen LogP) is 3.72. The van der Waals surface area contributed by atoms with Crippen molar-refractivity contribution >= 4 is 5.91 Å². The maximum atomic E-state index is 12.8. The molecule has 1 fully saturated rings. The summed E-state index contributed by atoms with van der Waals surface area (Å²) in [5, 5.41) is 11.2. The Labute approximate surface area is 156 Å². The first-order valence-electron chi connectivity index (χ1n) is 9.79. The first kappa shape index (κ1) is 19.0. The molecular formula is C22H31NO3. The number of aryl methyl sites for hydroxylation is 1. The topological polar surface area (TPSA) is 49.8 Å². The van der Waals surface area contributed by atoms with Crippen LogP contribution in [0.3, 0.4) is 0 Å². The van der Waals surface area contributed by atoms with Crippen molar-refractivity contribution in [3.8, 4) is 5.75 Å². The normalized spacial score (nSPS) is 23.5. The number of carbonyl (C=O) groups excluding carboxylic acids is 1. The van der Waals surface area contributed by atoms with E-state index in [1.807, 2.05) is 18.7 Å². The minimum Gasteiger partial charge on any atom is -0.489 e. The molecule has 0 saturated carbocycles. The van der Waals surface area contributed by atoms with Gasteiger partial charge >= 0.3 is 0 Å². The summed E-state index contributed by atoms with van der Waals surface area (Å²) in [4.78, 5) is 14.8. The summed E-state index contributed by atoms with van der Waals surface area (Å²) in [6.45, 7) is 11.9. The van der Waals surface area contributed by atoms with Gasteiger partial charge < -0.3 is 14.7 Å². The van der Waals surface area contributed by atoms with Gasteiger partial charge in [-0.25, -0.2) is 0 Å². The standard InChI is InChI=1S/C22H31NO3/c1-5-12-26-19-13-14(2)17-8-9-18(21(24)20(17)16(19)4)15(3)22(25)23-10-6-7-11-23/h5,13,15,18,21,24H,1,6-12H2,2-4H3/t15-,18?,21+/m0/s1. The number of rotatable bonds is 5. The number of nitrogens with zero attached hydrogens (tertiary/aromatic N) is 1. The lowest BCUT2D eigenvalue weighted by Crippen LogP contribution is -2.39. The van der Waals surface area contributed by atoms with E-state index in [1.165, 1.54) is 5.56 Å². The van der Waals surface area contributed by atoms with Crippen LogP contribution in [0.15, 0.2) is 18.7 Å². The van der Waals surface area contributed by atoms with E-state index in [9.17, 15) is 9.90 Å². The number of carbonyl (C=O) groups is 1. The Kier molecular flexibility index (Phi) is 5.71. The number of ether oxygens (including phenoxy) is 1. The van der Waals surface area contributed by atoms with Crippen LogP contribution in [0, 0.1) is 25.7 Å². The van der Waals surface area contributed by atoms with Gasteiger partial charge in [0.25, 0.3) is 0 Å². The van der Waals surface area contributed by atoms with Crippen LogP contribution in [0.5, 0.6) is 5.75 Å². The lowest BCUT2D eigenvalue weighted by molar-refractivity contribution is -0.137. The van der Waals surface area contributed by atoms with Crippen LogP contribution in [-0.4, -0.2) is 35.6 Å². The third-order valence-electron chi connectivity index (χ3n) is 6.16. The number of aliphatic hydroxyl groups is 1. The van der Waals surface area contributed by atoms with Crippen molar-refractivity contribution in [1.82, 2.24) is 4.90 Å². The second-order valence-electron chi connectivity index (χ2n) is 7.78. The van der Waals surface area contributed by atoms with Crippen molar-refractivity contribution in [2.24, 2.45) is 11.8 Å². The molecule has 3 atom stereocenters. The van der Waals surface area contributed by atoms with E-state index >= 15 is 0 Å². The summed E-state index contributed by atoms with van der Waals surface area (Å²) in [7, 11) is 0. The molecule has 3 rings (SSSR count). The van der Waals surface area contributed by atoms with Crippen molar-refractivity contribution in [2.75, 3.05) is 19.7 Å². The van der Waals surface area contributed by atoms with Crippen LogP contribution < -0.4 is 4.74 Å². The van der Waals surface area contributed by atoms with Gasteiger partial charge in [0, 0.05) is 24.9 Å². The van der Waals surface area contributed by atoms with Gasteiger partial charge in [0.1, 0.15) is 12.4 Å². The third-order valence-corrected chi connectivity index (χ3v) is 6.16. The molecular weight excluding hydrogens is 326 g/mol. The Morgan fingerprint density at radius 3 is 2.77 bits per heavy atom. The SMILES string of the molecule is C=CCOc1cc(C)c2c(c1C)[C@H](O)C([C@H](C)C(=O)N1CCCC1)CC2. The number of fused-ring (bicyclic) bond motifs is 1. The van der Waals surface area contributed by atoms with E-state index in [1.54, 1.807) is 6.08 Å². The minimum absolute atomic E-state index is 0.0386. The molecule has 1 aliphatic carbocycles. The van der Waals surface area contributed by atoms with Crippen molar-refractivity contribution in [1.29, 1.82) is 0 Å². The Bertz CT molecular complexity index is 691. The fraction of sp³-hybridized carbons (Fsp3) is 0.591. The van der Waals surface area contributed by atoms with Gasteiger partial charge in [-0.3, -0.25) is 4.79 Å². The number of aliphatic hydroxyl groups excluding tert-OH is 1. The molecule has 4 heteroatoms. The zero-order chi connectivity index (χ0) is 18.8. The first-order chi connectivity index (χ1) is 12.5. The van der Waals surface area contributed by atoms with Crippen LogP contribution in [0.2, 0.25) is 0 Å². The van der Waals surface area contributed by atoms with Crippen LogP contribution in [0.1, 0.15) is 54.5 Å². The Hall–Kier alpha value is -1.81. The molecule has 0 spiro atoms. The van der Waals surface area contributed by atoms with E-state index in [2.05, 4.69) is 19.6 Å². The zero-order valence-corrected chi connectivity index (χ0v) is 16.3. The second kappa shape index (κ2) is 7.83. The average Bonchev–Trinajstić information content (AvgIpc) is 3.16. The maximum absolute atomic E-state index is 12.8. The maximum Gasteiger partial charge on any atom is 0.225 e. The first-order valence-corrected chi connectivity index (χ1v) is 9.79. The molecule has 142 valence electrons. The lowest BCUT2D eigenvalue weighted by Gasteiger charge is -2.37. The summed E-state index contributed by atoms with van der Waals surface area (Å²) in [5.41, 5.74) is 4.34. The molecule has 1 aromatic carbocycles. The van der Waals surface area contributed by atoms with Crippen LogP contribution in [-0.2, 0) is 11.2 Å². The van der Waals surface area contributed by atoms with Crippen molar-refractivity contribution < 1.29 is 14.6 Å². The largest absolute Gasteiger partial charge is 0.489 e. The van der Waals surface area contributed by atoms with Crippen LogP contribution in [0.4, 0.5) is 0 Å².